The molecule has 0 saturated heterocycles. The third-order valence-corrected chi connectivity index (χ3v) is 2.87. The van der Waals surface area contributed by atoms with E-state index < -0.39 is 6.04 Å². The number of hydrogen-bond acceptors (Lipinski definition) is 6. The van der Waals surface area contributed by atoms with Gasteiger partial charge in [-0.3, -0.25) is 4.79 Å². The van der Waals surface area contributed by atoms with Gasteiger partial charge in [0.1, 0.15) is 12.7 Å². The Hall–Kier alpha value is -2.32. The topological polar surface area (TPSA) is 108 Å². The van der Waals surface area contributed by atoms with Crippen LogP contribution in [-0.4, -0.2) is 45.4 Å². The van der Waals surface area contributed by atoms with E-state index in [-0.39, 0.29) is 5.91 Å². The number of ether oxygens (including phenoxy) is 1. The van der Waals surface area contributed by atoms with Crippen LogP contribution in [0.2, 0.25) is 0 Å². The number of hydrogen-bond donors (Lipinski definition) is 2. The van der Waals surface area contributed by atoms with Gasteiger partial charge in [0, 0.05) is 13.7 Å². The van der Waals surface area contributed by atoms with Gasteiger partial charge in [-0.15, -0.1) is 0 Å². The average Bonchev–Trinajstić information content (AvgIpc) is 3.02. The van der Waals surface area contributed by atoms with Gasteiger partial charge >= 0.3 is 0 Å². The Morgan fingerprint density at radius 1 is 1.52 bits per heavy atom. The van der Waals surface area contributed by atoms with Gasteiger partial charge in [0.15, 0.2) is 5.82 Å². The van der Waals surface area contributed by atoms with Crippen LogP contribution < -0.4 is 11.1 Å². The number of nitrogens with zero attached hydrogens (tertiary/aromatic N) is 4. The lowest BCUT2D eigenvalue weighted by Gasteiger charge is -2.12. The average molecular weight is 290 g/mol. The fourth-order valence-electron chi connectivity index (χ4n) is 1.74. The highest BCUT2D eigenvalue weighted by molar-refractivity contribution is 5.94. The van der Waals surface area contributed by atoms with E-state index in [0.29, 0.717) is 24.5 Å². The lowest BCUT2D eigenvalue weighted by atomic mass is 10.1. The van der Waals surface area contributed by atoms with Crippen LogP contribution in [-0.2, 0) is 9.53 Å². The quantitative estimate of drug-likeness (QED) is 0.713. The van der Waals surface area contributed by atoms with Crippen LogP contribution in [0.1, 0.15) is 12.8 Å². The molecular weight excluding hydrogens is 272 g/mol. The smallest absolute Gasteiger partial charge is 0.241 e. The highest BCUT2D eigenvalue weighted by Crippen LogP contribution is 2.09. The molecule has 8 heteroatoms. The highest BCUT2D eigenvalue weighted by atomic mass is 16.5. The van der Waals surface area contributed by atoms with Crippen LogP contribution in [0, 0.1) is 0 Å². The molecular formula is C13H18N6O2. The molecule has 2 rings (SSSR count). The molecule has 0 bridgehead atoms. The Kier molecular flexibility index (Phi) is 5.35. The first kappa shape index (κ1) is 15.1. The van der Waals surface area contributed by atoms with Gasteiger partial charge in [0.2, 0.25) is 5.91 Å². The minimum absolute atomic E-state index is 0.235. The van der Waals surface area contributed by atoms with E-state index in [9.17, 15) is 4.79 Å². The maximum atomic E-state index is 11.9. The Morgan fingerprint density at radius 2 is 2.38 bits per heavy atom. The summed E-state index contributed by atoms with van der Waals surface area (Å²) in [6.45, 7) is 0.592. The van der Waals surface area contributed by atoms with Gasteiger partial charge in [-0.2, -0.15) is 5.10 Å². The molecule has 2 aromatic heterocycles. The van der Waals surface area contributed by atoms with Crippen molar-refractivity contribution >= 4 is 11.6 Å². The van der Waals surface area contributed by atoms with Crippen LogP contribution in [0.4, 0.5) is 5.69 Å². The number of rotatable bonds is 7. The Balaban J connectivity index is 1.89. The third kappa shape index (κ3) is 4.33. The molecule has 0 fully saturated rings. The van der Waals surface area contributed by atoms with E-state index in [0.717, 1.165) is 6.42 Å². The van der Waals surface area contributed by atoms with Crippen molar-refractivity contribution in [1.29, 1.82) is 0 Å². The number of methoxy groups -OCH3 is 1. The van der Waals surface area contributed by atoms with E-state index in [4.69, 9.17) is 10.5 Å². The molecule has 0 aliphatic rings. The number of anilines is 1. The largest absolute Gasteiger partial charge is 0.385 e. The zero-order chi connectivity index (χ0) is 15.1. The minimum Gasteiger partial charge on any atom is -0.385 e. The first-order chi connectivity index (χ1) is 10.2. The van der Waals surface area contributed by atoms with E-state index >= 15 is 0 Å². The SMILES string of the molecule is COCCCC(N)C(=O)Nc1ccc(-n2cncn2)nc1. The van der Waals surface area contributed by atoms with Crippen LogP contribution in [0.25, 0.3) is 5.82 Å². The van der Waals surface area contributed by atoms with E-state index in [1.54, 1.807) is 31.8 Å². The second kappa shape index (κ2) is 7.46. The number of nitrogens with one attached hydrogen (secondary N) is 1. The number of carbonyl (C=O) groups is 1. The Labute approximate surface area is 122 Å². The normalized spacial score (nSPS) is 12.1. The van der Waals surface area contributed by atoms with Gasteiger partial charge in [0.05, 0.1) is 17.9 Å². The summed E-state index contributed by atoms with van der Waals surface area (Å²) < 4.78 is 6.46. The highest BCUT2D eigenvalue weighted by Gasteiger charge is 2.13. The molecule has 21 heavy (non-hydrogen) atoms. The fraction of sp³-hybridized carbons (Fsp3) is 0.385. The molecule has 1 unspecified atom stereocenters. The molecule has 2 heterocycles. The molecule has 0 saturated carbocycles. The van der Waals surface area contributed by atoms with Crippen molar-refractivity contribution in [3.63, 3.8) is 0 Å². The maximum absolute atomic E-state index is 11.9. The molecule has 0 aliphatic carbocycles. The molecule has 0 aromatic carbocycles. The van der Waals surface area contributed by atoms with Crippen LogP contribution >= 0.6 is 0 Å². The number of amides is 1. The predicted octanol–water partition coefficient (Wildman–Crippen LogP) is 0.355. The zero-order valence-electron chi connectivity index (χ0n) is 11.8. The van der Waals surface area contributed by atoms with Crippen molar-refractivity contribution in [3.05, 3.63) is 31.0 Å². The summed E-state index contributed by atoms with van der Waals surface area (Å²) in [4.78, 5) is 19.9. The van der Waals surface area contributed by atoms with E-state index in [2.05, 4.69) is 20.4 Å². The van der Waals surface area contributed by atoms with Crippen LogP contribution in [0.15, 0.2) is 31.0 Å². The zero-order valence-corrected chi connectivity index (χ0v) is 11.8. The summed E-state index contributed by atoms with van der Waals surface area (Å²) in [7, 11) is 1.62. The number of pyridine rings is 1. The van der Waals surface area contributed by atoms with Crippen LogP contribution in [0.5, 0.6) is 0 Å². The molecule has 0 aliphatic heterocycles. The second-order valence-electron chi connectivity index (χ2n) is 4.48. The number of aromatic nitrogens is 4. The lowest BCUT2D eigenvalue weighted by Crippen LogP contribution is -2.35. The lowest BCUT2D eigenvalue weighted by molar-refractivity contribution is -0.117. The number of carbonyl (C=O) groups excluding carboxylic acids is 1. The maximum Gasteiger partial charge on any atom is 0.241 e. The molecule has 1 atom stereocenters. The van der Waals surface area contributed by atoms with E-state index in [1.807, 2.05) is 0 Å². The summed E-state index contributed by atoms with van der Waals surface area (Å²) in [5.74, 6) is 0.385. The Bertz CT molecular complexity index is 555. The molecule has 8 nitrogen and oxygen atoms in total. The second-order valence-corrected chi connectivity index (χ2v) is 4.48. The first-order valence-corrected chi connectivity index (χ1v) is 6.57. The van der Waals surface area contributed by atoms with Gasteiger partial charge in [-0.1, -0.05) is 0 Å². The minimum atomic E-state index is -0.560. The molecule has 112 valence electrons. The fourth-order valence-corrected chi connectivity index (χ4v) is 1.74. The van der Waals surface area contributed by atoms with E-state index in [1.165, 1.54) is 11.0 Å². The summed E-state index contributed by atoms with van der Waals surface area (Å²) in [5, 5.41) is 6.70. The van der Waals surface area contributed by atoms with Crippen LogP contribution in [0.3, 0.4) is 0 Å². The summed E-state index contributed by atoms with van der Waals surface area (Å²) >= 11 is 0. The van der Waals surface area contributed by atoms with Crippen molar-refractivity contribution in [3.8, 4) is 5.82 Å². The molecule has 3 N–H and O–H groups in total. The summed E-state index contributed by atoms with van der Waals surface area (Å²) in [5.41, 5.74) is 6.39. The molecule has 0 radical (unpaired) electrons. The van der Waals surface area contributed by atoms with Gasteiger partial charge in [-0.05, 0) is 25.0 Å². The molecule has 0 spiro atoms. The van der Waals surface area contributed by atoms with Crippen molar-refractivity contribution in [2.45, 2.75) is 18.9 Å². The summed E-state index contributed by atoms with van der Waals surface area (Å²) in [6.07, 6.45) is 5.85. The van der Waals surface area contributed by atoms with Gasteiger partial charge < -0.3 is 15.8 Å². The standard InChI is InChI=1S/C13H18N6O2/c1-21-6-2-3-11(14)13(20)18-10-4-5-12(16-7-10)19-9-15-8-17-19/h4-5,7-9,11H,2-3,6,14H2,1H3,(H,18,20). The third-order valence-electron chi connectivity index (χ3n) is 2.87. The molecule has 1 amide bonds. The first-order valence-electron chi connectivity index (χ1n) is 6.57. The van der Waals surface area contributed by atoms with Crippen molar-refractivity contribution in [1.82, 2.24) is 19.7 Å². The van der Waals surface area contributed by atoms with Gasteiger partial charge in [-0.25, -0.2) is 14.6 Å². The van der Waals surface area contributed by atoms with Crippen molar-refractivity contribution in [2.75, 3.05) is 19.0 Å². The summed E-state index contributed by atoms with van der Waals surface area (Å²) in [6, 6.07) is 2.92. The Morgan fingerprint density at radius 3 is 3.00 bits per heavy atom. The monoisotopic (exact) mass is 290 g/mol. The molecule has 2 aromatic rings. The van der Waals surface area contributed by atoms with Crippen molar-refractivity contribution < 1.29 is 9.53 Å². The predicted molar refractivity (Wildman–Crippen MR) is 76.9 cm³/mol. The number of nitrogens with two attached hydrogens (primary N) is 1. The van der Waals surface area contributed by atoms with Crippen molar-refractivity contribution in [2.24, 2.45) is 5.73 Å². The van der Waals surface area contributed by atoms with Gasteiger partial charge in [0.25, 0.3) is 0 Å².